The topological polar surface area (TPSA) is 27.7 Å². The maximum Gasteiger partial charge on any atom is 0.260 e. The molecule has 0 radical (unpaired) electrons. The molecule has 3 nitrogen and oxygen atoms in total. The molecule has 0 saturated heterocycles. The van der Waals surface area contributed by atoms with Crippen LogP contribution in [-0.2, 0) is 0 Å². The lowest BCUT2D eigenvalue weighted by Gasteiger charge is -2.37. The largest absolute Gasteiger partial charge is 0.458 e. The predicted molar refractivity (Wildman–Crippen MR) is 298 cm³/mol. The second-order valence-corrected chi connectivity index (χ2v) is 20.1. The Bertz CT molecular complexity index is 3620. The van der Waals surface area contributed by atoms with Crippen molar-refractivity contribution in [1.29, 1.82) is 0 Å². The van der Waals surface area contributed by atoms with Gasteiger partial charge in [0.05, 0.1) is 0 Å². The van der Waals surface area contributed by atoms with Gasteiger partial charge >= 0.3 is 0 Å². The van der Waals surface area contributed by atoms with E-state index in [1.54, 1.807) is 0 Å². The number of rotatable bonds is 6. The van der Waals surface area contributed by atoms with Crippen LogP contribution in [0.5, 0.6) is 34.5 Å². The normalized spacial score (nSPS) is 12.9. The third-order valence-corrected chi connectivity index (χ3v) is 16.1. The Labute approximate surface area is 423 Å². The van der Waals surface area contributed by atoms with Gasteiger partial charge in [0, 0.05) is 15.3 Å². The summed E-state index contributed by atoms with van der Waals surface area (Å²) in [6, 6.07) is 87.2. The van der Waals surface area contributed by atoms with Crippen LogP contribution in [0, 0.1) is 0 Å². The fourth-order valence-corrected chi connectivity index (χ4v) is 13.0. The third kappa shape index (κ3) is 6.49. The first kappa shape index (κ1) is 41.1. The van der Waals surface area contributed by atoms with Crippen molar-refractivity contribution < 1.29 is 14.2 Å². The fourth-order valence-electron chi connectivity index (χ4n) is 11.8. The molecule has 0 saturated carbocycles. The smallest absolute Gasteiger partial charge is 0.260 e. The zero-order valence-electron chi connectivity index (χ0n) is 38.9. The molecule has 334 valence electrons. The van der Waals surface area contributed by atoms with E-state index in [2.05, 4.69) is 243 Å². The molecular formula is C66H40B2O3S. The summed E-state index contributed by atoms with van der Waals surface area (Å²) in [5, 5.41) is 0. The molecule has 11 aromatic carbocycles. The van der Waals surface area contributed by atoms with E-state index in [1.807, 2.05) is 11.8 Å². The lowest BCUT2D eigenvalue weighted by atomic mass is 9.32. The van der Waals surface area contributed by atoms with E-state index in [-0.39, 0.29) is 13.4 Å². The summed E-state index contributed by atoms with van der Waals surface area (Å²) in [5.74, 6) is 5.12. The van der Waals surface area contributed by atoms with Crippen LogP contribution in [0.1, 0.15) is 0 Å². The van der Waals surface area contributed by atoms with Gasteiger partial charge in [0.1, 0.15) is 34.5 Å². The van der Waals surface area contributed by atoms with E-state index in [9.17, 15) is 0 Å². The molecule has 0 spiro atoms. The Morgan fingerprint density at radius 3 is 1.11 bits per heavy atom. The van der Waals surface area contributed by atoms with Crippen molar-refractivity contribution in [2.24, 2.45) is 0 Å². The molecule has 0 amide bonds. The number of hydrogen-bond donors (Lipinski definition) is 0. The molecule has 0 atom stereocenters. The van der Waals surface area contributed by atoms with E-state index in [0.29, 0.717) is 0 Å². The standard InChI is InChI=1S/C66H40B2O3S/c1-5-19-41(20-6-1)47-27-17-28-48(42-21-7-2-8-22-42)63(47)45-35-58-65-59(36-45)71-57-40-61-54(39-53(57)67(65)51-31-13-15-33-55(51)69-58)68-52-32-14-16-34-56(52)70-60-37-46(38-62(72-61)66(60)68)64-49(43-23-9-3-10-24-43)29-18-30-50(64)44-25-11-4-12-26-44/h1-40H. The molecule has 0 aromatic heterocycles. The number of para-hydroxylation sites is 2. The van der Waals surface area contributed by atoms with Crippen LogP contribution in [0.4, 0.5) is 0 Å². The summed E-state index contributed by atoms with van der Waals surface area (Å²) in [4.78, 5) is 2.35. The summed E-state index contributed by atoms with van der Waals surface area (Å²) in [5.41, 5.74) is 20.7. The summed E-state index contributed by atoms with van der Waals surface area (Å²) < 4.78 is 21.3. The maximum absolute atomic E-state index is 7.33. The first-order valence-corrected chi connectivity index (χ1v) is 25.4. The monoisotopic (exact) mass is 934 g/mol. The van der Waals surface area contributed by atoms with Gasteiger partial charge < -0.3 is 14.2 Å². The van der Waals surface area contributed by atoms with Crippen LogP contribution in [0.25, 0.3) is 66.8 Å². The van der Waals surface area contributed by atoms with Gasteiger partial charge in [-0.15, -0.1) is 0 Å². The second-order valence-electron chi connectivity index (χ2n) is 19.0. The summed E-state index contributed by atoms with van der Waals surface area (Å²) in [6.07, 6.45) is 0. The molecule has 6 heteroatoms. The highest BCUT2D eigenvalue weighted by atomic mass is 32.2. The molecule has 0 N–H and O–H groups in total. The summed E-state index contributed by atoms with van der Waals surface area (Å²) in [7, 11) is 0. The van der Waals surface area contributed by atoms with Crippen LogP contribution in [0.3, 0.4) is 0 Å². The molecule has 72 heavy (non-hydrogen) atoms. The minimum atomic E-state index is -0.116. The Morgan fingerprint density at radius 1 is 0.250 bits per heavy atom. The van der Waals surface area contributed by atoms with Gasteiger partial charge in [-0.25, -0.2) is 0 Å². The molecule has 0 fully saturated rings. The highest BCUT2D eigenvalue weighted by Gasteiger charge is 2.45. The molecule has 0 aliphatic carbocycles. The minimum absolute atomic E-state index is 0.0577. The minimum Gasteiger partial charge on any atom is -0.458 e. The van der Waals surface area contributed by atoms with E-state index < -0.39 is 0 Å². The van der Waals surface area contributed by atoms with Gasteiger partial charge in [-0.3, -0.25) is 0 Å². The number of ether oxygens (including phenoxy) is 3. The van der Waals surface area contributed by atoms with Crippen LogP contribution in [-0.4, -0.2) is 13.4 Å². The molecule has 15 rings (SSSR count). The quantitative estimate of drug-likeness (QED) is 0.155. The lowest BCUT2D eigenvalue weighted by molar-refractivity contribution is 0.464. The van der Waals surface area contributed by atoms with Crippen molar-refractivity contribution in [2.75, 3.05) is 0 Å². The second kappa shape index (κ2) is 16.4. The average Bonchev–Trinajstić information content (AvgIpc) is 3.45. The van der Waals surface area contributed by atoms with Crippen molar-refractivity contribution in [3.8, 4) is 101 Å². The zero-order valence-corrected chi connectivity index (χ0v) is 39.7. The average molecular weight is 935 g/mol. The Morgan fingerprint density at radius 2 is 0.639 bits per heavy atom. The zero-order chi connectivity index (χ0) is 47.3. The molecule has 0 unspecified atom stereocenters. The van der Waals surface area contributed by atoms with Gasteiger partial charge in [-0.2, -0.15) is 0 Å². The number of benzene rings is 11. The van der Waals surface area contributed by atoms with Crippen LogP contribution in [0.15, 0.2) is 252 Å². The van der Waals surface area contributed by atoms with Crippen molar-refractivity contribution in [1.82, 2.24) is 0 Å². The van der Waals surface area contributed by atoms with Gasteiger partial charge in [-0.1, -0.05) is 217 Å². The Hall–Kier alpha value is -8.70. The van der Waals surface area contributed by atoms with Gasteiger partial charge in [0.25, 0.3) is 13.4 Å². The van der Waals surface area contributed by atoms with Gasteiger partial charge in [0.15, 0.2) is 0 Å². The van der Waals surface area contributed by atoms with Crippen molar-refractivity contribution in [3.63, 3.8) is 0 Å². The first-order chi connectivity index (χ1) is 35.7. The predicted octanol–water partition coefficient (Wildman–Crippen LogP) is 13.5. The van der Waals surface area contributed by atoms with E-state index in [0.717, 1.165) is 95.3 Å². The van der Waals surface area contributed by atoms with Crippen molar-refractivity contribution in [2.45, 2.75) is 9.79 Å². The molecular weight excluding hydrogens is 894 g/mol. The van der Waals surface area contributed by atoms with Crippen LogP contribution >= 0.6 is 11.8 Å². The maximum atomic E-state index is 7.33. The molecule has 4 heterocycles. The lowest BCUT2D eigenvalue weighted by Crippen LogP contribution is -2.61. The highest BCUT2D eigenvalue weighted by Crippen LogP contribution is 2.48. The van der Waals surface area contributed by atoms with Crippen LogP contribution < -0.4 is 47.0 Å². The first-order valence-electron chi connectivity index (χ1n) is 24.6. The molecule has 4 aliphatic heterocycles. The van der Waals surface area contributed by atoms with E-state index >= 15 is 0 Å². The van der Waals surface area contributed by atoms with E-state index in [1.165, 1.54) is 48.5 Å². The molecule has 4 aliphatic rings. The Balaban J connectivity index is 0.930. The van der Waals surface area contributed by atoms with Crippen LogP contribution in [0.2, 0.25) is 0 Å². The summed E-state index contributed by atoms with van der Waals surface area (Å²) in [6.45, 7) is -0.173. The van der Waals surface area contributed by atoms with Crippen molar-refractivity contribution >= 4 is 58.0 Å². The Kier molecular flexibility index (Phi) is 9.39. The van der Waals surface area contributed by atoms with E-state index in [4.69, 9.17) is 14.2 Å². The van der Waals surface area contributed by atoms with Gasteiger partial charge in [0.2, 0.25) is 0 Å². The molecule has 11 aromatic rings. The summed E-state index contributed by atoms with van der Waals surface area (Å²) >= 11 is 1.82. The van der Waals surface area contributed by atoms with Gasteiger partial charge in [-0.05, 0) is 131 Å². The third-order valence-electron chi connectivity index (χ3n) is 14.9. The highest BCUT2D eigenvalue weighted by molar-refractivity contribution is 8.00. The number of hydrogen-bond acceptors (Lipinski definition) is 4. The van der Waals surface area contributed by atoms with Crippen molar-refractivity contribution in [3.05, 3.63) is 243 Å². The molecule has 0 bridgehead atoms. The fraction of sp³-hybridized carbons (Fsp3) is 0. The number of fused-ring (bicyclic) bond motifs is 8. The SMILES string of the molecule is c1ccc(-c2cccc(-c3ccccc3)c2-c2cc3c4c(c2)Oc2cc5c(cc2B4c2ccccc2O3)B2c3ccccc3Oc3cc(-c4c(-c6ccccc6)cccc4-c4ccccc4)cc(c32)S5)cc1.